The van der Waals surface area contributed by atoms with Gasteiger partial charge in [0.2, 0.25) is 9.84 Å². The Hall–Kier alpha value is -2.12. The molecule has 0 radical (unpaired) electrons. The van der Waals surface area contributed by atoms with E-state index in [1.54, 1.807) is 38.4 Å². The van der Waals surface area contributed by atoms with E-state index in [1.807, 2.05) is 25.7 Å². The summed E-state index contributed by atoms with van der Waals surface area (Å²) in [5.74, 6) is 5.11. The zero-order valence-electron chi connectivity index (χ0n) is 19.9. The highest BCUT2D eigenvalue weighted by Crippen LogP contribution is 2.33. The Bertz CT molecular complexity index is 886. The Morgan fingerprint density at radius 2 is 1.78 bits per heavy atom. The van der Waals surface area contributed by atoms with E-state index in [0.717, 1.165) is 0 Å². The molecular weight excluding hydrogens is 430 g/mol. The number of nitrogens with zero attached hydrogens (tertiary/aromatic N) is 1. The number of hydrogen-bond acceptors (Lipinski definition) is 7. The Morgan fingerprint density at radius 3 is 2.22 bits per heavy atom. The van der Waals surface area contributed by atoms with Gasteiger partial charge in [-0.2, -0.15) is 0 Å². The van der Waals surface area contributed by atoms with Crippen LogP contribution in [0.3, 0.4) is 0 Å². The van der Waals surface area contributed by atoms with Gasteiger partial charge >= 0.3 is 0 Å². The molecule has 32 heavy (non-hydrogen) atoms. The summed E-state index contributed by atoms with van der Waals surface area (Å²) in [5.41, 5.74) is 1.67. The zero-order valence-corrected chi connectivity index (χ0v) is 20.8. The van der Waals surface area contributed by atoms with E-state index in [0.29, 0.717) is 25.3 Å². The molecule has 0 heterocycles. The van der Waals surface area contributed by atoms with Gasteiger partial charge in [-0.25, -0.2) is 13.9 Å². The van der Waals surface area contributed by atoms with E-state index in [1.165, 1.54) is 12.1 Å². The molecule has 0 aliphatic heterocycles. The van der Waals surface area contributed by atoms with Crippen LogP contribution < -0.4 is 15.5 Å². The fraction of sp³-hybridized carbons (Fsp3) is 0.609. The van der Waals surface area contributed by atoms with Gasteiger partial charge in [0.15, 0.2) is 4.99 Å². The van der Waals surface area contributed by atoms with Crippen LogP contribution in [-0.4, -0.2) is 55.2 Å². The molecule has 0 fully saturated rings. The summed E-state index contributed by atoms with van der Waals surface area (Å²) in [4.78, 5) is 12.8. The van der Waals surface area contributed by atoms with Gasteiger partial charge in [-0.15, -0.1) is 5.92 Å². The molecule has 1 aromatic rings. The zero-order chi connectivity index (χ0) is 24.4. The predicted molar refractivity (Wildman–Crippen MR) is 125 cm³/mol. The first-order chi connectivity index (χ1) is 15.1. The first kappa shape index (κ1) is 27.9. The lowest BCUT2D eigenvalue weighted by molar-refractivity contribution is -0.133. The second-order valence-electron chi connectivity index (χ2n) is 7.74. The fourth-order valence-corrected chi connectivity index (χ4v) is 5.96. The van der Waals surface area contributed by atoms with Crippen molar-refractivity contribution in [1.82, 2.24) is 15.7 Å². The summed E-state index contributed by atoms with van der Waals surface area (Å²) in [7, 11) is -3.99. The lowest BCUT2D eigenvalue weighted by atomic mass is 10.0. The van der Waals surface area contributed by atoms with Crippen molar-refractivity contribution < 1.29 is 23.2 Å². The molecule has 9 heteroatoms. The highest BCUT2D eigenvalue weighted by atomic mass is 32.2. The molecule has 1 aromatic carbocycles. The summed E-state index contributed by atoms with van der Waals surface area (Å²) < 4.78 is 33.7. The number of nitrogens with one attached hydrogen (secondary N) is 2. The van der Waals surface area contributed by atoms with Crippen LogP contribution >= 0.6 is 0 Å². The predicted octanol–water partition coefficient (Wildman–Crippen LogP) is 2.78. The number of carbonyl (C=O) groups is 1. The van der Waals surface area contributed by atoms with Crippen molar-refractivity contribution in [3.05, 3.63) is 24.3 Å². The topological polar surface area (TPSA) is 108 Å². The van der Waals surface area contributed by atoms with Gasteiger partial charge in [0, 0.05) is 0 Å². The highest BCUT2D eigenvalue weighted by molar-refractivity contribution is 7.92. The maximum Gasteiger partial charge on any atom is 0.260 e. The van der Waals surface area contributed by atoms with E-state index < -0.39 is 26.8 Å². The Morgan fingerprint density at radius 1 is 1.19 bits per heavy atom. The first-order valence-corrected chi connectivity index (χ1v) is 12.5. The number of ether oxygens (including phenoxy) is 1. The normalized spacial score (nSPS) is 14.4. The maximum atomic E-state index is 14.1. The Kier molecular flexibility index (Phi) is 11.2. The molecule has 0 saturated carbocycles. The third-order valence-corrected chi connectivity index (χ3v) is 7.73. The van der Waals surface area contributed by atoms with Gasteiger partial charge in [-0.3, -0.25) is 20.2 Å². The summed E-state index contributed by atoms with van der Waals surface area (Å²) in [6, 6.07) is 5.30. The standard InChI is InChI=1S/C23H37N3O5S/c1-7-11-17-31-19-12-14-20(15-13-19)32(29,30)23(16-8-2,26(9-3)10-4)24-21(18(5)6)22(27)25-28/h12-15,18,21,24,28H,8-10,16-17H2,1-6H3,(H,25,27). The molecule has 0 aliphatic carbocycles. The van der Waals surface area contributed by atoms with Crippen molar-refractivity contribution in [3.8, 4) is 17.6 Å². The lowest BCUT2D eigenvalue weighted by Crippen LogP contribution is -2.68. The summed E-state index contributed by atoms with van der Waals surface area (Å²) in [6.07, 6.45) is 0.814. The molecule has 180 valence electrons. The Balaban J connectivity index is 3.58. The van der Waals surface area contributed by atoms with E-state index in [2.05, 4.69) is 17.2 Å². The lowest BCUT2D eigenvalue weighted by Gasteiger charge is -2.45. The molecule has 0 aliphatic rings. The van der Waals surface area contributed by atoms with Gasteiger partial charge in [-0.05, 0) is 56.6 Å². The van der Waals surface area contributed by atoms with Gasteiger partial charge in [0.25, 0.3) is 5.91 Å². The van der Waals surface area contributed by atoms with E-state index in [-0.39, 0.29) is 23.8 Å². The van der Waals surface area contributed by atoms with E-state index >= 15 is 0 Å². The fourth-order valence-electron chi connectivity index (χ4n) is 3.73. The van der Waals surface area contributed by atoms with Crippen molar-refractivity contribution in [3.63, 3.8) is 0 Å². The number of hydrogen-bond donors (Lipinski definition) is 3. The van der Waals surface area contributed by atoms with Crippen molar-refractivity contribution in [2.75, 3.05) is 19.7 Å². The van der Waals surface area contributed by atoms with Crippen LogP contribution in [0.5, 0.6) is 5.75 Å². The molecule has 0 bridgehead atoms. The number of amides is 1. The van der Waals surface area contributed by atoms with Crippen LogP contribution in [-0.2, 0) is 14.6 Å². The van der Waals surface area contributed by atoms with Crippen molar-refractivity contribution >= 4 is 15.7 Å². The van der Waals surface area contributed by atoms with Gasteiger partial charge in [0.05, 0.1) is 10.9 Å². The molecule has 3 N–H and O–H groups in total. The summed E-state index contributed by atoms with van der Waals surface area (Å²) in [6.45, 7) is 12.1. The van der Waals surface area contributed by atoms with E-state index in [4.69, 9.17) is 4.74 Å². The van der Waals surface area contributed by atoms with Crippen LogP contribution in [0, 0.1) is 17.8 Å². The minimum Gasteiger partial charge on any atom is -0.481 e. The number of carbonyl (C=O) groups excluding carboxylic acids is 1. The Labute approximate surface area is 192 Å². The van der Waals surface area contributed by atoms with Crippen molar-refractivity contribution in [2.24, 2.45) is 5.92 Å². The smallest absolute Gasteiger partial charge is 0.260 e. The average Bonchev–Trinajstić information content (AvgIpc) is 2.77. The molecule has 2 unspecified atom stereocenters. The number of rotatable bonds is 13. The molecular formula is C23H37N3O5S. The van der Waals surface area contributed by atoms with Crippen molar-refractivity contribution in [1.29, 1.82) is 0 Å². The highest BCUT2D eigenvalue weighted by Gasteiger charge is 2.50. The average molecular weight is 468 g/mol. The van der Waals surface area contributed by atoms with Crippen LogP contribution in [0.25, 0.3) is 0 Å². The van der Waals surface area contributed by atoms with Gasteiger partial charge in [0.1, 0.15) is 12.4 Å². The molecule has 1 amide bonds. The largest absolute Gasteiger partial charge is 0.481 e. The first-order valence-electron chi connectivity index (χ1n) is 11.0. The van der Waals surface area contributed by atoms with Crippen LogP contribution in [0.2, 0.25) is 0 Å². The molecule has 1 rings (SSSR count). The maximum absolute atomic E-state index is 14.1. The van der Waals surface area contributed by atoms with Crippen LogP contribution in [0.4, 0.5) is 0 Å². The minimum absolute atomic E-state index is 0.117. The van der Waals surface area contributed by atoms with Crippen LogP contribution in [0.1, 0.15) is 54.4 Å². The number of hydroxylamine groups is 1. The summed E-state index contributed by atoms with van der Waals surface area (Å²) >= 11 is 0. The number of sulfone groups is 1. The molecule has 0 aromatic heterocycles. The molecule has 0 saturated heterocycles. The third-order valence-electron chi connectivity index (χ3n) is 5.37. The third kappa shape index (κ3) is 6.23. The number of benzene rings is 1. The van der Waals surface area contributed by atoms with Gasteiger partial charge in [-0.1, -0.05) is 47.0 Å². The van der Waals surface area contributed by atoms with Crippen LogP contribution in [0.15, 0.2) is 29.2 Å². The van der Waals surface area contributed by atoms with E-state index in [9.17, 15) is 18.4 Å². The second-order valence-corrected chi connectivity index (χ2v) is 9.89. The SMILES string of the molecule is CC#CCOc1ccc(S(=O)(=O)C(CCC)(NC(C(=O)NO)C(C)C)N(CC)CC)cc1. The molecule has 2 atom stereocenters. The quantitative estimate of drug-likeness (QED) is 0.177. The summed E-state index contributed by atoms with van der Waals surface area (Å²) in [5, 5.41) is 12.4. The second kappa shape index (κ2) is 12.8. The monoisotopic (exact) mass is 467 g/mol. The van der Waals surface area contributed by atoms with Crippen molar-refractivity contribution in [2.45, 2.75) is 70.3 Å². The minimum atomic E-state index is -3.99. The molecule has 0 spiro atoms. The molecule has 8 nitrogen and oxygen atoms in total. The van der Waals surface area contributed by atoms with Gasteiger partial charge < -0.3 is 4.74 Å².